The van der Waals surface area contributed by atoms with Crippen LogP contribution >= 0.6 is 11.5 Å². The van der Waals surface area contributed by atoms with Crippen LogP contribution in [0, 0.1) is 11.6 Å². The highest BCUT2D eigenvalue weighted by Gasteiger charge is 2.38. The van der Waals surface area contributed by atoms with Crippen molar-refractivity contribution in [2.45, 2.75) is 39.0 Å². The van der Waals surface area contributed by atoms with Crippen LogP contribution in [0.25, 0.3) is 11.4 Å². The number of halogens is 5. The first-order valence-electron chi connectivity index (χ1n) is 9.43. The molecule has 0 aliphatic carbocycles. The molecule has 0 aliphatic rings. The maximum atomic E-state index is 14.3. The van der Waals surface area contributed by atoms with Crippen molar-refractivity contribution in [2.75, 3.05) is 0 Å². The molecule has 32 heavy (non-hydrogen) atoms. The lowest BCUT2D eigenvalue weighted by atomic mass is 10.1. The van der Waals surface area contributed by atoms with E-state index in [4.69, 9.17) is 9.84 Å². The van der Waals surface area contributed by atoms with Gasteiger partial charge >= 0.3 is 12.1 Å². The Labute approximate surface area is 183 Å². The van der Waals surface area contributed by atoms with Gasteiger partial charge in [-0.2, -0.15) is 17.5 Å². The van der Waals surface area contributed by atoms with Gasteiger partial charge in [0.15, 0.2) is 17.4 Å². The second-order valence-electron chi connectivity index (χ2n) is 6.81. The van der Waals surface area contributed by atoms with E-state index in [-0.39, 0.29) is 46.9 Å². The first-order chi connectivity index (χ1) is 15.1. The molecule has 0 atom stereocenters. The SMILES string of the molecule is CCc1ccc(-c2nsc(C(F)(F)F)c2COc2c(F)cc(CCC(=O)O)cc2F)nc1. The molecule has 0 saturated heterocycles. The number of carboxylic acids is 1. The minimum absolute atomic E-state index is 0.0797. The smallest absolute Gasteiger partial charge is 0.427 e. The lowest BCUT2D eigenvalue weighted by Crippen LogP contribution is -2.10. The maximum Gasteiger partial charge on any atom is 0.427 e. The van der Waals surface area contributed by atoms with Crippen molar-refractivity contribution >= 4 is 17.5 Å². The van der Waals surface area contributed by atoms with Crippen molar-refractivity contribution in [1.82, 2.24) is 9.36 Å². The molecule has 0 spiro atoms. The number of aromatic nitrogens is 2. The number of nitrogens with zero attached hydrogens (tertiary/aromatic N) is 2. The third-order valence-corrected chi connectivity index (χ3v) is 5.50. The predicted octanol–water partition coefficient (Wildman–Crippen LogP) is 5.66. The van der Waals surface area contributed by atoms with Crippen LogP contribution in [0.4, 0.5) is 22.0 Å². The summed E-state index contributed by atoms with van der Waals surface area (Å²) < 4.78 is 78.1. The van der Waals surface area contributed by atoms with Gasteiger partial charge in [0, 0.05) is 18.2 Å². The van der Waals surface area contributed by atoms with Gasteiger partial charge in [-0.25, -0.2) is 8.78 Å². The fourth-order valence-electron chi connectivity index (χ4n) is 2.93. The van der Waals surface area contributed by atoms with Gasteiger partial charge in [0.2, 0.25) is 0 Å². The molecular weight excluding hydrogens is 455 g/mol. The van der Waals surface area contributed by atoms with Gasteiger partial charge in [0.25, 0.3) is 0 Å². The number of hydrogen-bond acceptors (Lipinski definition) is 5. The standard InChI is InChI=1S/C21H17F5N2O3S/c1-2-11-3-5-16(27-9-11)18-13(20(32-28-18)21(24,25)26)10-31-19-14(22)7-12(8-15(19)23)4-6-17(29)30/h3,5,7-9H,2,4,6,10H2,1H3,(H,29,30). The molecule has 5 nitrogen and oxygen atoms in total. The molecule has 170 valence electrons. The molecule has 3 rings (SSSR count). The Kier molecular flexibility index (Phi) is 7.07. The van der Waals surface area contributed by atoms with Gasteiger partial charge in [-0.15, -0.1) is 0 Å². The Morgan fingerprint density at radius 3 is 2.38 bits per heavy atom. The Morgan fingerprint density at radius 2 is 1.84 bits per heavy atom. The van der Waals surface area contributed by atoms with E-state index in [1.807, 2.05) is 6.92 Å². The zero-order chi connectivity index (χ0) is 23.5. The third kappa shape index (κ3) is 5.39. The Morgan fingerprint density at radius 1 is 1.16 bits per heavy atom. The van der Waals surface area contributed by atoms with Gasteiger partial charge in [0.05, 0.1) is 5.69 Å². The fraction of sp³-hybridized carbons (Fsp3) is 0.286. The first-order valence-corrected chi connectivity index (χ1v) is 10.2. The second kappa shape index (κ2) is 9.60. The van der Waals surface area contributed by atoms with E-state index in [0.717, 1.165) is 17.7 Å². The Bertz CT molecular complexity index is 1090. The van der Waals surface area contributed by atoms with Crippen molar-refractivity contribution in [1.29, 1.82) is 0 Å². The highest BCUT2D eigenvalue weighted by molar-refractivity contribution is 7.06. The van der Waals surface area contributed by atoms with Crippen LogP contribution < -0.4 is 4.74 Å². The normalized spacial score (nSPS) is 11.6. The number of aliphatic carboxylic acids is 1. The summed E-state index contributed by atoms with van der Waals surface area (Å²) >= 11 is 0.205. The zero-order valence-electron chi connectivity index (χ0n) is 16.7. The van der Waals surface area contributed by atoms with Crippen molar-refractivity contribution in [3.8, 4) is 17.1 Å². The summed E-state index contributed by atoms with van der Waals surface area (Å²) in [6.45, 7) is 1.11. The van der Waals surface area contributed by atoms with Gasteiger partial charge in [-0.05, 0) is 53.7 Å². The van der Waals surface area contributed by atoms with E-state index in [2.05, 4.69) is 9.36 Å². The molecule has 1 N–H and O–H groups in total. The monoisotopic (exact) mass is 472 g/mol. The number of carboxylic acid groups (broad SMARTS) is 1. The molecule has 2 aromatic heterocycles. The highest BCUT2D eigenvalue weighted by atomic mass is 32.1. The lowest BCUT2D eigenvalue weighted by molar-refractivity contribution is -0.137. The number of benzene rings is 1. The van der Waals surface area contributed by atoms with Crippen molar-refractivity contribution < 1.29 is 36.6 Å². The van der Waals surface area contributed by atoms with Gasteiger partial charge in [-0.3, -0.25) is 9.78 Å². The average Bonchev–Trinajstić information content (AvgIpc) is 3.16. The van der Waals surface area contributed by atoms with Gasteiger partial charge in [0.1, 0.15) is 17.2 Å². The molecule has 2 heterocycles. The van der Waals surface area contributed by atoms with Crippen molar-refractivity contribution in [3.05, 3.63) is 63.7 Å². The van der Waals surface area contributed by atoms with Gasteiger partial charge < -0.3 is 9.84 Å². The number of hydrogen-bond donors (Lipinski definition) is 1. The van der Waals surface area contributed by atoms with E-state index in [1.54, 1.807) is 6.07 Å². The van der Waals surface area contributed by atoms with E-state index >= 15 is 0 Å². The van der Waals surface area contributed by atoms with Gasteiger partial charge in [-0.1, -0.05) is 13.0 Å². The first kappa shape index (κ1) is 23.6. The van der Waals surface area contributed by atoms with Crippen molar-refractivity contribution in [2.24, 2.45) is 0 Å². The molecule has 0 aliphatic heterocycles. The molecule has 3 aromatic rings. The van der Waals surface area contributed by atoms with Crippen LogP contribution in [-0.4, -0.2) is 20.4 Å². The number of rotatable bonds is 8. The maximum absolute atomic E-state index is 14.3. The van der Waals surface area contributed by atoms with Crippen LogP contribution in [-0.2, 0) is 30.4 Å². The number of ether oxygens (including phenoxy) is 1. The summed E-state index contributed by atoms with van der Waals surface area (Å²) in [7, 11) is 0. The quantitative estimate of drug-likeness (QED) is 0.429. The highest BCUT2D eigenvalue weighted by Crippen LogP contribution is 2.40. The topological polar surface area (TPSA) is 72.3 Å². The molecule has 11 heteroatoms. The summed E-state index contributed by atoms with van der Waals surface area (Å²) in [5.41, 5.74) is 0.683. The van der Waals surface area contributed by atoms with E-state index in [9.17, 15) is 26.7 Å². The minimum atomic E-state index is -4.74. The van der Waals surface area contributed by atoms with E-state index in [1.165, 1.54) is 12.3 Å². The molecule has 0 amide bonds. The fourth-order valence-corrected chi connectivity index (χ4v) is 3.69. The summed E-state index contributed by atoms with van der Waals surface area (Å²) in [6.07, 6.45) is -2.98. The number of aryl methyl sites for hydroxylation is 2. The molecule has 0 saturated carbocycles. The zero-order valence-corrected chi connectivity index (χ0v) is 17.5. The molecule has 0 bridgehead atoms. The second-order valence-corrected chi connectivity index (χ2v) is 7.59. The molecule has 0 unspecified atom stereocenters. The Hall–Kier alpha value is -3.08. The van der Waals surface area contributed by atoms with Crippen LogP contribution in [0.5, 0.6) is 5.75 Å². The minimum Gasteiger partial charge on any atom is -0.483 e. The molecular formula is C21H17F5N2O3S. The van der Waals surface area contributed by atoms with Crippen molar-refractivity contribution in [3.63, 3.8) is 0 Å². The summed E-state index contributed by atoms with van der Waals surface area (Å²) in [5.74, 6) is -4.28. The molecule has 1 aromatic carbocycles. The summed E-state index contributed by atoms with van der Waals surface area (Å²) in [6, 6.07) is 5.01. The van der Waals surface area contributed by atoms with Crippen LogP contribution in [0.1, 0.15) is 34.9 Å². The number of pyridine rings is 1. The average molecular weight is 472 g/mol. The van der Waals surface area contributed by atoms with Crippen LogP contribution in [0.15, 0.2) is 30.5 Å². The van der Waals surface area contributed by atoms with E-state index in [0.29, 0.717) is 6.42 Å². The largest absolute Gasteiger partial charge is 0.483 e. The van der Waals surface area contributed by atoms with Crippen LogP contribution in [0.2, 0.25) is 0 Å². The predicted molar refractivity (Wildman–Crippen MR) is 106 cm³/mol. The summed E-state index contributed by atoms with van der Waals surface area (Å²) in [5, 5.41) is 8.68. The lowest BCUT2D eigenvalue weighted by Gasteiger charge is -2.12. The number of alkyl halides is 3. The van der Waals surface area contributed by atoms with E-state index < -0.39 is 41.0 Å². The van der Waals surface area contributed by atoms with Crippen LogP contribution in [0.3, 0.4) is 0 Å². The molecule has 0 radical (unpaired) electrons. The third-order valence-electron chi connectivity index (χ3n) is 4.57. The molecule has 0 fully saturated rings. The Balaban J connectivity index is 1.91. The summed E-state index contributed by atoms with van der Waals surface area (Å²) in [4.78, 5) is 13.7. The number of carbonyl (C=O) groups is 1.